The first kappa shape index (κ1) is 22.3. The molecule has 3 aromatic rings. The number of carbonyl (C=O) groups excluding carboxylic acids is 2. The summed E-state index contributed by atoms with van der Waals surface area (Å²) in [6.45, 7) is 3.66. The summed E-state index contributed by atoms with van der Waals surface area (Å²) < 4.78 is 5.53. The Balaban J connectivity index is 1.59. The number of hydrogen-bond donors (Lipinski definition) is 2. The minimum Gasteiger partial charge on any atom is -0.484 e. The van der Waals surface area contributed by atoms with E-state index in [0.717, 1.165) is 16.8 Å². The highest BCUT2D eigenvalue weighted by molar-refractivity contribution is 6.09. The minimum atomic E-state index is -0.477. The number of nitriles is 1. The van der Waals surface area contributed by atoms with Crippen molar-refractivity contribution in [2.24, 2.45) is 0 Å². The summed E-state index contributed by atoms with van der Waals surface area (Å²) in [5.74, 6) is -0.233. The normalized spacial score (nSPS) is 10.7. The van der Waals surface area contributed by atoms with E-state index in [1.54, 1.807) is 30.3 Å². The van der Waals surface area contributed by atoms with Gasteiger partial charge in [-0.1, -0.05) is 48.5 Å². The van der Waals surface area contributed by atoms with Crippen LogP contribution in [0.15, 0.2) is 78.4 Å². The van der Waals surface area contributed by atoms with Gasteiger partial charge in [-0.25, -0.2) is 0 Å². The number of para-hydroxylation sites is 2. The Morgan fingerprint density at radius 2 is 1.44 bits per heavy atom. The van der Waals surface area contributed by atoms with E-state index in [9.17, 15) is 14.9 Å². The van der Waals surface area contributed by atoms with Crippen LogP contribution in [0.4, 0.5) is 11.4 Å². The second-order valence-electron chi connectivity index (χ2n) is 7.16. The first-order chi connectivity index (χ1) is 15.5. The van der Waals surface area contributed by atoms with Crippen LogP contribution in [0.5, 0.6) is 5.75 Å². The number of rotatable bonds is 7. The average molecular weight is 425 g/mol. The van der Waals surface area contributed by atoms with Crippen molar-refractivity contribution < 1.29 is 14.3 Å². The molecule has 0 aliphatic rings. The lowest BCUT2D eigenvalue weighted by molar-refractivity contribution is -0.118. The van der Waals surface area contributed by atoms with Crippen LogP contribution >= 0.6 is 0 Å². The zero-order chi connectivity index (χ0) is 22.9. The van der Waals surface area contributed by atoms with Gasteiger partial charge in [-0.2, -0.15) is 5.26 Å². The van der Waals surface area contributed by atoms with Gasteiger partial charge in [0.15, 0.2) is 6.61 Å². The third-order valence-corrected chi connectivity index (χ3v) is 4.74. The molecule has 2 N–H and O–H groups in total. The Hall–Kier alpha value is -4.37. The number of nitrogens with one attached hydrogen (secondary N) is 2. The highest BCUT2D eigenvalue weighted by Crippen LogP contribution is 2.18. The zero-order valence-electron chi connectivity index (χ0n) is 17.9. The number of amides is 2. The van der Waals surface area contributed by atoms with Crippen molar-refractivity contribution in [1.82, 2.24) is 0 Å². The van der Waals surface area contributed by atoms with Crippen molar-refractivity contribution in [3.8, 4) is 11.8 Å². The quantitative estimate of drug-likeness (QED) is 0.417. The smallest absolute Gasteiger partial charge is 0.266 e. The average Bonchev–Trinajstić information content (AvgIpc) is 2.80. The molecule has 0 saturated carbocycles. The Bertz CT molecular complexity index is 1190. The number of ether oxygens (including phenoxy) is 1. The Labute approximate surface area is 187 Å². The maximum Gasteiger partial charge on any atom is 0.266 e. The molecule has 0 aromatic heterocycles. The molecule has 0 saturated heterocycles. The van der Waals surface area contributed by atoms with Crippen LogP contribution < -0.4 is 15.4 Å². The molecule has 0 fully saturated rings. The maximum absolute atomic E-state index is 12.4. The number of hydrogen-bond acceptors (Lipinski definition) is 4. The molecule has 0 aliphatic heterocycles. The second kappa shape index (κ2) is 10.6. The van der Waals surface area contributed by atoms with E-state index in [1.807, 2.05) is 62.4 Å². The molecule has 2 amide bonds. The topological polar surface area (TPSA) is 91.2 Å². The van der Waals surface area contributed by atoms with Crippen LogP contribution in [0.25, 0.3) is 6.08 Å². The van der Waals surface area contributed by atoms with E-state index in [4.69, 9.17) is 4.74 Å². The molecule has 0 unspecified atom stereocenters. The lowest BCUT2D eigenvalue weighted by atomic mass is 10.1. The number of anilines is 2. The fraction of sp³-hybridized carbons (Fsp3) is 0.115. The summed E-state index contributed by atoms with van der Waals surface area (Å²) in [5.41, 5.74) is 3.93. The molecule has 3 rings (SSSR count). The van der Waals surface area contributed by atoms with E-state index < -0.39 is 5.91 Å². The Morgan fingerprint density at radius 3 is 2.00 bits per heavy atom. The molecule has 3 aromatic carbocycles. The van der Waals surface area contributed by atoms with Crippen molar-refractivity contribution in [2.75, 3.05) is 17.2 Å². The van der Waals surface area contributed by atoms with Gasteiger partial charge >= 0.3 is 0 Å². The zero-order valence-corrected chi connectivity index (χ0v) is 17.9. The molecular formula is C26H23N3O3. The van der Waals surface area contributed by atoms with Crippen molar-refractivity contribution in [2.45, 2.75) is 13.8 Å². The van der Waals surface area contributed by atoms with Crippen LogP contribution in [0.3, 0.4) is 0 Å². The summed E-state index contributed by atoms with van der Waals surface area (Å²) in [6.07, 6.45) is 1.50. The fourth-order valence-corrected chi connectivity index (χ4v) is 2.93. The van der Waals surface area contributed by atoms with Crippen molar-refractivity contribution in [3.05, 3.63) is 95.1 Å². The summed E-state index contributed by atoms with van der Waals surface area (Å²) in [7, 11) is 0. The number of nitrogens with zero attached hydrogens (tertiary/aromatic N) is 1. The molecule has 0 radical (unpaired) electrons. The van der Waals surface area contributed by atoms with Crippen LogP contribution in [0.2, 0.25) is 0 Å². The second-order valence-corrected chi connectivity index (χ2v) is 7.16. The minimum absolute atomic E-state index is 0.0143. The first-order valence-electron chi connectivity index (χ1n) is 10.0. The van der Waals surface area contributed by atoms with E-state index in [1.165, 1.54) is 6.08 Å². The molecule has 6 heteroatoms. The molecular weight excluding hydrogens is 402 g/mol. The lowest BCUT2D eigenvalue weighted by Crippen LogP contribution is -2.20. The predicted molar refractivity (Wildman–Crippen MR) is 125 cm³/mol. The first-order valence-corrected chi connectivity index (χ1v) is 10.0. The summed E-state index contributed by atoms with van der Waals surface area (Å²) in [6, 6.07) is 23.6. The summed E-state index contributed by atoms with van der Waals surface area (Å²) in [4.78, 5) is 24.6. The third kappa shape index (κ3) is 6.07. The van der Waals surface area contributed by atoms with Crippen molar-refractivity contribution in [1.29, 1.82) is 5.26 Å². The van der Waals surface area contributed by atoms with Gasteiger partial charge in [-0.3, -0.25) is 9.59 Å². The van der Waals surface area contributed by atoms with Gasteiger partial charge in [-0.15, -0.1) is 0 Å². The standard InChI is InChI=1S/C26H23N3O3/c1-18-7-3-5-9-23(18)28-25(30)17-32-22-13-11-20(12-14-22)15-21(16-27)26(31)29-24-10-6-4-8-19(24)2/h3-15H,17H2,1-2H3,(H,28,30)(H,29,31)/b21-15-. The van der Waals surface area contributed by atoms with Crippen LogP contribution in [-0.2, 0) is 9.59 Å². The largest absolute Gasteiger partial charge is 0.484 e. The van der Waals surface area contributed by atoms with Gasteiger partial charge in [0, 0.05) is 11.4 Å². The maximum atomic E-state index is 12.4. The van der Waals surface area contributed by atoms with Crippen LogP contribution in [-0.4, -0.2) is 18.4 Å². The third-order valence-electron chi connectivity index (χ3n) is 4.74. The van der Waals surface area contributed by atoms with Gasteiger partial charge in [0.2, 0.25) is 0 Å². The highest BCUT2D eigenvalue weighted by atomic mass is 16.5. The molecule has 0 heterocycles. The van der Waals surface area contributed by atoms with E-state index in [-0.39, 0.29) is 18.1 Å². The van der Waals surface area contributed by atoms with E-state index in [0.29, 0.717) is 17.0 Å². The Morgan fingerprint density at radius 1 is 0.875 bits per heavy atom. The number of carbonyl (C=O) groups is 2. The Kier molecular flexibility index (Phi) is 7.39. The summed E-state index contributed by atoms with van der Waals surface area (Å²) in [5, 5.41) is 15.0. The monoisotopic (exact) mass is 425 g/mol. The number of aryl methyl sites for hydroxylation is 2. The van der Waals surface area contributed by atoms with Gasteiger partial charge in [0.25, 0.3) is 11.8 Å². The highest BCUT2D eigenvalue weighted by Gasteiger charge is 2.11. The lowest BCUT2D eigenvalue weighted by Gasteiger charge is -2.09. The van der Waals surface area contributed by atoms with Crippen molar-refractivity contribution in [3.63, 3.8) is 0 Å². The fourth-order valence-electron chi connectivity index (χ4n) is 2.93. The van der Waals surface area contributed by atoms with Crippen molar-refractivity contribution >= 4 is 29.3 Å². The van der Waals surface area contributed by atoms with E-state index >= 15 is 0 Å². The van der Waals surface area contributed by atoms with Gasteiger partial charge in [0.1, 0.15) is 17.4 Å². The molecule has 32 heavy (non-hydrogen) atoms. The van der Waals surface area contributed by atoms with Gasteiger partial charge in [0.05, 0.1) is 0 Å². The molecule has 160 valence electrons. The van der Waals surface area contributed by atoms with Gasteiger partial charge in [-0.05, 0) is 60.9 Å². The SMILES string of the molecule is Cc1ccccc1NC(=O)COc1ccc(/C=C(/C#N)C(=O)Nc2ccccc2C)cc1. The van der Waals surface area contributed by atoms with Crippen LogP contribution in [0.1, 0.15) is 16.7 Å². The molecule has 0 bridgehead atoms. The van der Waals surface area contributed by atoms with E-state index in [2.05, 4.69) is 10.6 Å². The predicted octanol–water partition coefficient (Wildman–Crippen LogP) is 4.87. The molecule has 0 spiro atoms. The molecule has 0 aliphatic carbocycles. The van der Waals surface area contributed by atoms with Gasteiger partial charge < -0.3 is 15.4 Å². The molecule has 6 nitrogen and oxygen atoms in total. The number of benzene rings is 3. The van der Waals surface area contributed by atoms with Crippen LogP contribution in [0, 0.1) is 25.2 Å². The molecule has 0 atom stereocenters. The summed E-state index contributed by atoms with van der Waals surface area (Å²) >= 11 is 0.